The van der Waals surface area contributed by atoms with Crippen molar-refractivity contribution < 1.29 is 5.11 Å². The van der Waals surface area contributed by atoms with Crippen LogP contribution in [0.3, 0.4) is 0 Å². The molecule has 1 nitrogen and oxygen atoms in total. The number of hydrogen-bond donors (Lipinski definition) is 0. The van der Waals surface area contributed by atoms with Crippen LogP contribution in [-0.4, -0.2) is 6.10 Å². The summed E-state index contributed by atoms with van der Waals surface area (Å²) in [7, 11) is 0. The fraction of sp³-hybridized carbons (Fsp3) is 0.400. The maximum atomic E-state index is 9.94. The first-order chi connectivity index (χ1) is 2.77. The van der Waals surface area contributed by atoms with Crippen molar-refractivity contribution in [3.8, 4) is 0 Å². The number of hydrogen-bond acceptors (Lipinski definition) is 0. The van der Waals surface area contributed by atoms with Crippen LogP contribution in [0.5, 0.6) is 0 Å². The fourth-order valence-electron chi connectivity index (χ4n) is 0.186. The molecule has 1 heteroatoms. The van der Waals surface area contributed by atoms with E-state index in [0.29, 0.717) is 6.42 Å². The summed E-state index contributed by atoms with van der Waals surface area (Å²) in [5.74, 6) is 0. The molecule has 0 aromatic rings. The molecule has 2 radical (unpaired) electrons. The predicted octanol–water partition coefficient (Wildman–Crippen LogP) is 1.20. The molecule has 1 unspecified atom stereocenters. The Kier molecular flexibility index (Phi) is 2.77. The van der Waals surface area contributed by atoms with Gasteiger partial charge in [0.2, 0.25) is 0 Å². The molecule has 0 aromatic carbocycles. The lowest BCUT2D eigenvalue weighted by molar-refractivity contribution is 0.130. The average Bonchev–Trinajstić information content (AvgIpc) is 1.35. The van der Waals surface area contributed by atoms with E-state index in [1.165, 1.54) is 0 Å². The minimum atomic E-state index is -0.720. The molecule has 1 atom stereocenters. The molecule has 0 aromatic heterocycles. The third-order valence-electron chi connectivity index (χ3n) is 0.430. The van der Waals surface area contributed by atoms with Gasteiger partial charge in [0.15, 0.2) is 0 Å². The first kappa shape index (κ1) is 5.70. The highest BCUT2D eigenvalue weighted by atomic mass is 16.3. The number of rotatable bonds is 2. The van der Waals surface area contributed by atoms with E-state index < -0.39 is 6.10 Å². The van der Waals surface area contributed by atoms with E-state index in [4.69, 9.17) is 0 Å². The molecule has 0 aliphatic rings. The summed E-state index contributed by atoms with van der Waals surface area (Å²) in [5, 5.41) is 9.94. The van der Waals surface area contributed by atoms with Crippen LogP contribution in [0.25, 0.3) is 0 Å². The van der Waals surface area contributed by atoms with E-state index in [1.54, 1.807) is 6.08 Å². The Morgan fingerprint density at radius 3 is 2.33 bits per heavy atom. The first-order valence-electron chi connectivity index (χ1n) is 1.87. The standard InChI is InChI=1S/C5H8O/c1-3-4-5(2)6/h3,5H,1-2,4H2. The van der Waals surface area contributed by atoms with Gasteiger partial charge in [-0.05, 0) is 13.3 Å². The molecule has 0 spiro atoms. The summed E-state index contributed by atoms with van der Waals surface area (Å²) in [6.45, 7) is 6.56. The molecule has 0 N–H and O–H groups in total. The van der Waals surface area contributed by atoms with Crippen LogP contribution in [0, 0.1) is 6.92 Å². The molecular weight excluding hydrogens is 76.1 g/mol. The highest BCUT2D eigenvalue weighted by molar-refractivity contribution is 4.72. The van der Waals surface area contributed by atoms with Crippen molar-refractivity contribution in [2.45, 2.75) is 12.5 Å². The largest absolute Gasteiger partial charge is 0.233 e. The molecule has 0 bridgehead atoms. The van der Waals surface area contributed by atoms with Gasteiger partial charge >= 0.3 is 0 Å². The molecule has 0 aliphatic carbocycles. The van der Waals surface area contributed by atoms with E-state index in [0.717, 1.165) is 0 Å². The summed E-state index contributed by atoms with van der Waals surface area (Å²) in [6, 6.07) is 0. The van der Waals surface area contributed by atoms with Gasteiger partial charge in [-0.2, -0.15) is 0 Å². The third kappa shape index (κ3) is 3.70. The molecule has 0 rings (SSSR count). The van der Waals surface area contributed by atoms with Crippen LogP contribution in [-0.2, 0) is 5.11 Å². The van der Waals surface area contributed by atoms with Gasteiger partial charge in [0.1, 0.15) is 0 Å². The minimum absolute atomic E-state index is 0.472. The molecule has 6 heavy (non-hydrogen) atoms. The monoisotopic (exact) mass is 84.1 g/mol. The van der Waals surface area contributed by atoms with Gasteiger partial charge in [0.05, 0.1) is 6.10 Å². The van der Waals surface area contributed by atoms with Gasteiger partial charge in [0, 0.05) is 0 Å². The van der Waals surface area contributed by atoms with Gasteiger partial charge in [-0.3, -0.25) is 0 Å². The van der Waals surface area contributed by atoms with Crippen molar-refractivity contribution in [1.29, 1.82) is 0 Å². The fourth-order valence-corrected chi connectivity index (χ4v) is 0.186. The zero-order valence-electron chi connectivity index (χ0n) is 3.68. The zero-order chi connectivity index (χ0) is 4.99. The Hall–Kier alpha value is -0.300. The second-order valence-corrected chi connectivity index (χ2v) is 1.15. The zero-order valence-corrected chi connectivity index (χ0v) is 3.68. The van der Waals surface area contributed by atoms with Crippen molar-refractivity contribution in [2.24, 2.45) is 0 Å². The lowest BCUT2D eigenvalue weighted by atomic mass is 10.3. The Balaban J connectivity index is 2.81. The van der Waals surface area contributed by atoms with Crippen LogP contribution in [0.1, 0.15) is 6.42 Å². The van der Waals surface area contributed by atoms with E-state index >= 15 is 0 Å². The van der Waals surface area contributed by atoms with Crippen molar-refractivity contribution in [3.63, 3.8) is 0 Å². The van der Waals surface area contributed by atoms with Crippen molar-refractivity contribution in [3.05, 3.63) is 19.6 Å². The van der Waals surface area contributed by atoms with Gasteiger partial charge < -0.3 is 0 Å². The second-order valence-electron chi connectivity index (χ2n) is 1.15. The van der Waals surface area contributed by atoms with E-state index in [2.05, 4.69) is 13.5 Å². The second kappa shape index (κ2) is 2.91. The minimum Gasteiger partial charge on any atom is -0.233 e. The Morgan fingerprint density at radius 1 is 1.83 bits per heavy atom. The van der Waals surface area contributed by atoms with E-state index in [9.17, 15) is 5.11 Å². The molecule has 0 amide bonds. The Bertz CT molecular complexity index is 39.2. The third-order valence-corrected chi connectivity index (χ3v) is 0.430. The summed E-state index contributed by atoms with van der Waals surface area (Å²) in [6.07, 6.45) is 1.33. The lowest BCUT2D eigenvalue weighted by Crippen LogP contribution is -1.92. The molecular formula is C5H8O. The normalized spacial score (nSPS) is 13.7. The van der Waals surface area contributed by atoms with E-state index in [1.807, 2.05) is 0 Å². The Labute approximate surface area is 38.3 Å². The van der Waals surface area contributed by atoms with Crippen LogP contribution < -0.4 is 0 Å². The topological polar surface area (TPSA) is 19.9 Å². The Morgan fingerprint density at radius 2 is 2.33 bits per heavy atom. The summed E-state index contributed by atoms with van der Waals surface area (Å²) < 4.78 is 0. The lowest BCUT2D eigenvalue weighted by Gasteiger charge is -1.88. The van der Waals surface area contributed by atoms with Crippen molar-refractivity contribution >= 4 is 0 Å². The van der Waals surface area contributed by atoms with Crippen molar-refractivity contribution in [1.82, 2.24) is 0 Å². The smallest absolute Gasteiger partial charge is 0.0965 e. The van der Waals surface area contributed by atoms with Crippen molar-refractivity contribution in [2.75, 3.05) is 0 Å². The molecule has 0 heterocycles. The molecule has 0 fully saturated rings. The molecule has 0 saturated carbocycles. The molecule has 34 valence electrons. The quantitative estimate of drug-likeness (QED) is 0.448. The molecule has 0 saturated heterocycles. The van der Waals surface area contributed by atoms with Crippen LogP contribution in [0.4, 0.5) is 0 Å². The average molecular weight is 84.1 g/mol. The highest BCUT2D eigenvalue weighted by Gasteiger charge is 1.87. The summed E-state index contributed by atoms with van der Waals surface area (Å²) in [4.78, 5) is 0. The predicted molar refractivity (Wildman–Crippen MR) is 24.6 cm³/mol. The van der Waals surface area contributed by atoms with Crippen LogP contribution in [0.2, 0.25) is 0 Å². The SMILES string of the molecule is [CH2]C([O])CC=C. The van der Waals surface area contributed by atoms with Gasteiger partial charge in [-0.1, -0.05) is 6.08 Å². The van der Waals surface area contributed by atoms with Gasteiger partial charge in [0.25, 0.3) is 0 Å². The van der Waals surface area contributed by atoms with Gasteiger partial charge in [-0.25, -0.2) is 5.11 Å². The summed E-state index contributed by atoms with van der Waals surface area (Å²) >= 11 is 0. The first-order valence-corrected chi connectivity index (χ1v) is 1.87. The highest BCUT2D eigenvalue weighted by Crippen LogP contribution is 1.86. The summed E-state index contributed by atoms with van der Waals surface area (Å²) in [5.41, 5.74) is 0. The van der Waals surface area contributed by atoms with Crippen LogP contribution in [0.15, 0.2) is 12.7 Å². The van der Waals surface area contributed by atoms with E-state index in [-0.39, 0.29) is 0 Å². The maximum absolute atomic E-state index is 9.94. The molecule has 0 aliphatic heterocycles. The van der Waals surface area contributed by atoms with Gasteiger partial charge in [-0.15, -0.1) is 6.58 Å². The van der Waals surface area contributed by atoms with Crippen LogP contribution >= 0.6 is 0 Å². The maximum Gasteiger partial charge on any atom is 0.0965 e.